The summed E-state index contributed by atoms with van der Waals surface area (Å²) in [6.07, 6.45) is 0. The summed E-state index contributed by atoms with van der Waals surface area (Å²) in [7, 11) is 1.26. The number of nitrogens with zero attached hydrogens (tertiary/aromatic N) is 1. The van der Waals surface area contributed by atoms with Gasteiger partial charge in [-0.3, -0.25) is 4.79 Å². The number of rotatable bonds is 2. The van der Waals surface area contributed by atoms with Crippen LogP contribution in [0.3, 0.4) is 0 Å². The second-order valence-corrected chi connectivity index (χ2v) is 3.52. The van der Waals surface area contributed by atoms with Gasteiger partial charge in [-0.2, -0.15) is 0 Å². The molecule has 0 unspecified atom stereocenters. The van der Waals surface area contributed by atoms with E-state index in [1.807, 2.05) is 0 Å². The van der Waals surface area contributed by atoms with E-state index in [0.29, 0.717) is 4.47 Å². The number of halogens is 1. The van der Waals surface area contributed by atoms with Crippen LogP contribution >= 0.6 is 15.9 Å². The maximum absolute atomic E-state index is 11.1. The summed E-state index contributed by atoms with van der Waals surface area (Å²) in [6.45, 7) is 1.38. The van der Waals surface area contributed by atoms with Crippen LogP contribution in [0.1, 0.15) is 27.9 Å². The molecule has 1 rings (SSSR count). The number of Topliss-reactive ketones (excluding diaryl/α,β-unsaturated/α-hetero) is 1. The van der Waals surface area contributed by atoms with Crippen molar-refractivity contribution in [3.63, 3.8) is 0 Å². The molecule has 14 heavy (non-hydrogen) atoms. The zero-order valence-corrected chi connectivity index (χ0v) is 9.29. The average Bonchev–Trinajstić information content (AvgIpc) is 2.15. The Morgan fingerprint density at radius 3 is 2.43 bits per heavy atom. The number of pyridine rings is 1. The van der Waals surface area contributed by atoms with Crippen LogP contribution in [0.4, 0.5) is 0 Å². The molecular weight excluding hydrogens is 250 g/mol. The van der Waals surface area contributed by atoms with Crippen molar-refractivity contribution in [2.45, 2.75) is 6.92 Å². The quantitative estimate of drug-likeness (QED) is 0.599. The van der Waals surface area contributed by atoms with Crippen LogP contribution in [-0.4, -0.2) is 23.8 Å². The largest absolute Gasteiger partial charge is 0.464 e. The first-order valence-corrected chi connectivity index (χ1v) is 4.60. The van der Waals surface area contributed by atoms with E-state index in [2.05, 4.69) is 25.7 Å². The molecule has 0 aliphatic rings. The maximum atomic E-state index is 11.1. The summed E-state index contributed by atoms with van der Waals surface area (Å²) in [5, 5.41) is 0. The molecule has 0 N–H and O–H groups in total. The minimum atomic E-state index is -0.561. The molecule has 1 aromatic rings. The molecule has 0 saturated carbocycles. The number of methoxy groups -OCH3 is 1. The van der Waals surface area contributed by atoms with Gasteiger partial charge in [-0.15, -0.1) is 0 Å². The van der Waals surface area contributed by atoms with Crippen molar-refractivity contribution in [2.24, 2.45) is 0 Å². The third-order valence-electron chi connectivity index (χ3n) is 1.55. The summed E-state index contributed by atoms with van der Waals surface area (Å²) in [6, 6.07) is 3.05. The summed E-state index contributed by atoms with van der Waals surface area (Å²) < 4.78 is 5.12. The first-order chi connectivity index (χ1) is 6.54. The predicted molar refractivity (Wildman–Crippen MR) is 53.3 cm³/mol. The first kappa shape index (κ1) is 10.8. The highest BCUT2D eigenvalue weighted by Gasteiger charge is 2.11. The lowest BCUT2D eigenvalue weighted by Crippen LogP contribution is -2.08. The molecule has 0 amide bonds. The molecule has 0 aromatic carbocycles. The number of hydrogen-bond acceptors (Lipinski definition) is 4. The second kappa shape index (κ2) is 4.32. The number of ether oxygens (including phenoxy) is 1. The van der Waals surface area contributed by atoms with Crippen molar-refractivity contribution in [1.29, 1.82) is 0 Å². The number of aromatic nitrogens is 1. The molecular formula is C9H8BrNO3. The lowest BCUT2D eigenvalue weighted by Gasteiger charge is -2.01. The molecule has 4 nitrogen and oxygen atoms in total. The second-order valence-electron chi connectivity index (χ2n) is 2.60. The van der Waals surface area contributed by atoms with Gasteiger partial charge in [-0.05, 0) is 12.1 Å². The van der Waals surface area contributed by atoms with Crippen molar-refractivity contribution in [2.75, 3.05) is 7.11 Å². The SMILES string of the molecule is COC(=O)c1cc(Br)cc(C(C)=O)n1. The zero-order chi connectivity index (χ0) is 10.7. The monoisotopic (exact) mass is 257 g/mol. The van der Waals surface area contributed by atoms with Gasteiger partial charge in [-0.1, -0.05) is 15.9 Å². The molecule has 0 spiro atoms. The lowest BCUT2D eigenvalue weighted by molar-refractivity contribution is 0.0594. The summed E-state index contributed by atoms with van der Waals surface area (Å²) in [5.74, 6) is -0.759. The molecule has 0 fully saturated rings. The first-order valence-electron chi connectivity index (χ1n) is 3.81. The summed E-state index contributed by atoms with van der Waals surface area (Å²) >= 11 is 3.18. The standard InChI is InChI=1S/C9H8BrNO3/c1-5(12)7-3-6(10)4-8(11-7)9(13)14-2/h3-4H,1-2H3. The van der Waals surface area contributed by atoms with Gasteiger partial charge in [0.25, 0.3) is 0 Å². The Balaban J connectivity index is 3.20. The van der Waals surface area contributed by atoms with Crippen molar-refractivity contribution >= 4 is 27.7 Å². The van der Waals surface area contributed by atoms with Gasteiger partial charge in [0.05, 0.1) is 7.11 Å². The summed E-state index contributed by atoms with van der Waals surface area (Å²) in [5.41, 5.74) is 0.354. The lowest BCUT2D eigenvalue weighted by atomic mass is 10.2. The van der Waals surface area contributed by atoms with E-state index < -0.39 is 5.97 Å². The number of hydrogen-bond donors (Lipinski definition) is 0. The van der Waals surface area contributed by atoms with E-state index in [1.54, 1.807) is 6.07 Å². The minimum absolute atomic E-state index is 0.118. The summed E-state index contributed by atoms with van der Waals surface area (Å²) in [4.78, 5) is 26.0. The minimum Gasteiger partial charge on any atom is -0.464 e. The van der Waals surface area contributed by atoms with E-state index in [4.69, 9.17) is 0 Å². The van der Waals surface area contributed by atoms with Crippen LogP contribution in [0, 0.1) is 0 Å². The Labute approximate surface area is 89.4 Å². The Bertz CT molecular complexity index is 390. The molecule has 1 aromatic heterocycles. The van der Waals surface area contributed by atoms with Crippen molar-refractivity contribution in [3.05, 3.63) is 28.0 Å². The molecule has 1 heterocycles. The third-order valence-corrected chi connectivity index (χ3v) is 2.00. The Morgan fingerprint density at radius 2 is 1.93 bits per heavy atom. The van der Waals surface area contributed by atoms with Crippen molar-refractivity contribution < 1.29 is 14.3 Å². The van der Waals surface area contributed by atoms with Crippen LogP contribution in [0.25, 0.3) is 0 Å². The molecule has 0 radical (unpaired) electrons. The fraction of sp³-hybridized carbons (Fsp3) is 0.222. The fourth-order valence-electron chi connectivity index (χ4n) is 0.887. The third kappa shape index (κ3) is 2.38. The molecule has 0 aliphatic heterocycles. The van der Waals surface area contributed by atoms with Gasteiger partial charge in [0.15, 0.2) is 5.78 Å². The van der Waals surface area contributed by atoms with Gasteiger partial charge in [0.2, 0.25) is 0 Å². The molecule has 0 aliphatic carbocycles. The molecule has 0 saturated heterocycles. The van der Waals surface area contributed by atoms with E-state index in [1.165, 1.54) is 20.1 Å². The number of carbonyl (C=O) groups excluding carboxylic acids is 2. The van der Waals surface area contributed by atoms with E-state index in [0.717, 1.165) is 0 Å². The van der Waals surface area contributed by atoms with E-state index >= 15 is 0 Å². The highest BCUT2D eigenvalue weighted by atomic mass is 79.9. The normalized spacial score (nSPS) is 9.64. The average molecular weight is 258 g/mol. The van der Waals surface area contributed by atoms with Gasteiger partial charge in [0.1, 0.15) is 11.4 Å². The van der Waals surface area contributed by atoms with Crippen LogP contribution in [0.5, 0.6) is 0 Å². The Morgan fingerprint density at radius 1 is 1.36 bits per heavy atom. The van der Waals surface area contributed by atoms with Crippen LogP contribution < -0.4 is 0 Å². The van der Waals surface area contributed by atoms with Crippen molar-refractivity contribution in [1.82, 2.24) is 4.98 Å². The van der Waals surface area contributed by atoms with Crippen molar-refractivity contribution in [3.8, 4) is 0 Å². The zero-order valence-electron chi connectivity index (χ0n) is 7.70. The van der Waals surface area contributed by atoms with E-state index in [-0.39, 0.29) is 17.2 Å². The molecule has 5 heteroatoms. The molecule has 0 atom stereocenters. The smallest absolute Gasteiger partial charge is 0.356 e. The van der Waals surface area contributed by atoms with Gasteiger partial charge >= 0.3 is 5.97 Å². The van der Waals surface area contributed by atoms with E-state index in [9.17, 15) is 9.59 Å². The van der Waals surface area contributed by atoms with Crippen LogP contribution in [0.2, 0.25) is 0 Å². The fourth-order valence-corrected chi connectivity index (χ4v) is 1.32. The number of esters is 1. The van der Waals surface area contributed by atoms with Gasteiger partial charge < -0.3 is 4.74 Å². The maximum Gasteiger partial charge on any atom is 0.356 e. The number of ketones is 1. The highest BCUT2D eigenvalue weighted by Crippen LogP contribution is 2.13. The van der Waals surface area contributed by atoms with Gasteiger partial charge in [-0.25, -0.2) is 9.78 Å². The predicted octanol–water partition coefficient (Wildman–Crippen LogP) is 1.83. The molecule has 74 valence electrons. The van der Waals surface area contributed by atoms with Crippen LogP contribution in [0.15, 0.2) is 16.6 Å². The topological polar surface area (TPSA) is 56.3 Å². The highest BCUT2D eigenvalue weighted by molar-refractivity contribution is 9.10. The Hall–Kier alpha value is -1.23. The van der Waals surface area contributed by atoms with Gasteiger partial charge in [0, 0.05) is 11.4 Å². The number of carbonyl (C=O) groups is 2. The Kier molecular flexibility index (Phi) is 3.35. The van der Waals surface area contributed by atoms with Crippen LogP contribution in [-0.2, 0) is 4.74 Å². The molecule has 0 bridgehead atoms.